The van der Waals surface area contributed by atoms with Crippen LogP contribution in [0.5, 0.6) is 0 Å². The first-order valence-electron chi connectivity index (χ1n) is 4.40. The molecule has 0 aliphatic heterocycles. The smallest absolute Gasteiger partial charge is 0.335 e. The highest BCUT2D eigenvalue weighted by atomic mass is 32.2. The molecule has 76 valence electrons. The minimum Gasteiger partial charge on any atom is -0.478 e. The summed E-state index contributed by atoms with van der Waals surface area (Å²) in [5.41, 5.74) is 6.50. The summed E-state index contributed by atoms with van der Waals surface area (Å²) >= 11 is 1.65. The van der Waals surface area contributed by atoms with E-state index in [0.29, 0.717) is 5.69 Å². The summed E-state index contributed by atoms with van der Waals surface area (Å²) in [5, 5.41) is 8.71. The molecule has 0 saturated heterocycles. The van der Waals surface area contributed by atoms with Gasteiger partial charge >= 0.3 is 5.97 Å². The fourth-order valence-electron chi connectivity index (χ4n) is 1.02. The summed E-state index contributed by atoms with van der Waals surface area (Å²) in [6.07, 6.45) is 1.07. The van der Waals surface area contributed by atoms with E-state index in [-0.39, 0.29) is 5.56 Å². The Morgan fingerprint density at radius 3 is 2.79 bits per heavy atom. The molecule has 0 heterocycles. The number of benzene rings is 1. The molecule has 1 aromatic rings. The minimum absolute atomic E-state index is 0.239. The number of rotatable bonds is 4. The number of nitrogen functional groups attached to an aromatic ring is 1. The first-order chi connectivity index (χ1) is 6.65. The Morgan fingerprint density at radius 1 is 1.57 bits per heavy atom. The number of nitrogens with two attached hydrogens (primary N) is 1. The molecular weight excluding hydrogens is 198 g/mol. The van der Waals surface area contributed by atoms with E-state index >= 15 is 0 Å². The molecule has 0 aliphatic rings. The maximum absolute atomic E-state index is 10.6. The van der Waals surface area contributed by atoms with E-state index in [1.54, 1.807) is 23.9 Å². The van der Waals surface area contributed by atoms with Crippen LogP contribution in [0, 0.1) is 0 Å². The lowest BCUT2D eigenvalue weighted by atomic mass is 10.2. The van der Waals surface area contributed by atoms with Crippen LogP contribution in [0.1, 0.15) is 23.7 Å². The molecule has 0 saturated carbocycles. The van der Waals surface area contributed by atoms with Crippen molar-refractivity contribution in [2.75, 3.05) is 11.5 Å². The van der Waals surface area contributed by atoms with E-state index in [1.165, 1.54) is 6.07 Å². The highest BCUT2D eigenvalue weighted by molar-refractivity contribution is 7.99. The molecule has 3 N–H and O–H groups in total. The van der Waals surface area contributed by atoms with Crippen LogP contribution in [0.15, 0.2) is 23.1 Å². The topological polar surface area (TPSA) is 63.3 Å². The highest BCUT2D eigenvalue weighted by Crippen LogP contribution is 2.26. The Morgan fingerprint density at radius 2 is 2.29 bits per heavy atom. The second kappa shape index (κ2) is 4.91. The Bertz CT molecular complexity index is 339. The molecule has 4 heteroatoms. The van der Waals surface area contributed by atoms with Crippen molar-refractivity contribution in [3.8, 4) is 0 Å². The lowest BCUT2D eigenvalue weighted by Crippen LogP contribution is -1.98. The summed E-state index contributed by atoms with van der Waals surface area (Å²) in [6.45, 7) is 2.09. The predicted molar refractivity (Wildman–Crippen MR) is 58.8 cm³/mol. The van der Waals surface area contributed by atoms with Gasteiger partial charge in [0.25, 0.3) is 0 Å². The zero-order valence-electron chi connectivity index (χ0n) is 7.99. The average Bonchev–Trinajstić information content (AvgIpc) is 2.15. The maximum atomic E-state index is 10.6. The first kappa shape index (κ1) is 10.9. The molecule has 0 radical (unpaired) electrons. The van der Waals surface area contributed by atoms with Gasteiger partial charge in [-0.25, -0.2) is 4.79 Å². The van der Waals surface area contributed by atoms with Gasteiger partial charge in [0.15, 0.2) is 0 Å². The normalized spacial score (nSPS) is 10.1. The van der Waals surface area contributed by atoms with Crippen LogP contribution >= 0.6 is 11.8 Å². The molecule has 3 nitrogen and oxygen atoms in total. The highest BCUT2D eigenvalue weighted by Gasteiger charge is 2.05. The number of hydrogen-bond acceptors (Lipinski definition) is 3. The van der Waals surface area contributed by atoms with E-state index in [4.69, 9.17) is 10.8 Å². The van der Waals surface area contributed by atoms with Gasteiger partial charge in [-0.05, 0) is 30.4 Å². The molecule has 14 heavy (non-hydrogen) atoms. The molecule has 0 aliphatic carbocycles. The SMILES string of the molecule is CCCSc1ccc(C(=O)O)cc1N. The molecule has 0 amide bonds. The predicted octanol–water partition coefficient (Wildman–Crippen LogP) is 2.47. The van der Waals surface area contributed by atoms with Gasteiger partial charge in [-0.2, -0.15) is 0 Å². The lowest BCUT2D eigenvalue weighted by molar-refractivity contribution is 0.0697. The average molecular weight is 211 g/mol. The van der Waals surface area contributed by atoms with Crippen LogP contribution in [-0.4, -0.2) is 16.8 Å². The number of carboxylic acids is 1. The molecule has 0 fully saturated rings. The Hall–Kier alpha value is -1.16. The van der Waals surface area contributed by atoms with Gasteiger partial charge in [-0.3, -0.25) is 0 Å². The van der Waals surface area contributed by atoms with E-state index in [0.717, 1.165) is 17.1 Å². The van der Waals surface area contributed by atoms with E-state index in [1.807, 2.05) is 0 Å². The third-order valence-corrected chi connectivity index (χ3v) is 3.01. The molecule has 0 atom stereocenters. The molecule has 0 aromatic heterocycles. The van der Waals surface area contributed by atoms with Crippen LogP contribution in [0.2, 0.25) is 0 Å². The number of carbonyl (C=O) groups is 1. The molecule has 1 rings (SSSR count). The molecule has 0 unspecified atom stereocenters. The van der Waals surface area contributed by atoms with E-state index < -0.39 is 5.97 Å². The standard InChI is InChI=1S/C10H13NO2S/c1-2-5-14-9-4-3-7(10(12)13)6-8(9)11/h3-4,6H,2,5,11H2,1H3,(H,12,13). The summed E-state index contributed by atoms with van der Waals surface area (Å²) < 4.78 is 0. The van der Waals surface area contributed by atoms with Gasteiger partial charge in [0.2, 0.25) is 0 Å². The van der Waals surface area contributed by atoms with Crippen molar-refractivity contribution in [2.45, 2.75) is 18.2 Å². The number of hydrogen-bond donors (Lipinski definition) is 2. The Labute approximate surface area is 87.3 Å². The van der Waals surface area contributed by atoms with Crippen molar-refractivity contribution < 1.29 is 9.90 Å². The summed E-state index contributed by atoms with van der Waals surface area (Å²) in [7, 11) is 0. The first-order valence-corrected chi connectivity index (χ1v) is 5.39. The Kier molecular flexibility index (Phi) is 3.83. The Balaban J connectivity index is 2.84. The van der Waals surface area contributed by atoms with Crippen molar-refractivity contribution >= 4 is 23.4 Å². The van der Waals surface area contributed by atoms with Crippen LogP contribution < -0.4 is 5.73 Å². The fraction of sp³-hybridized carbons (Fsp3) is 0.300. The van der Waals surface area contributed by atoms with Crippen LogP contribution in [0.25, 0.3) is 0 Å². The van der Waals surface area contributed by atoms with Crippen molar-refractivity contribution in [2.24, 2.45) is 0 Å². The third-order valence-electron chi connectivity index (χ3n) is 1.72. The number of thioether (sulfide) groups is 1. The quantitative estimate of drug-likeness (QED) is 0.593. The van der Waals surface area contributed by atoms with E-state index in [2.05, 4.69) is 6.92 Å². The zero-order valence-corrected chi connectivity index (χ0v) is 8.80. The van der Waals surface area contributed by atoms with Gasteiger partial charge in [-0.15, -0.1) is 11.8 Å². The molecule has 0 spiro atoms. The van der Waals surface area contributed by atoms with Crippen molar-refractivity contribution in [1.29, 1.82) is 0 Å². The largest absolute Gasteiger partial charge is 0.478 e. The fourth-order valence-corrected chi connectivity index (χ4v) is 1.84. The van der Waals surface area contributed by atoms with Crippen LogP contribution in [-0.2, 0) is 0 Å². The van der Waals surface area contributed by atoms with Gasteiger partial charge in [-0.1, -0.05) is 6.92 Å². The third kappa shape index (κ3) is 2.67. The molecule has 1 aromatic carbocycles. The van der Waals surface area contributed by atoms with Crippen LogP contribution in [0.3, 0.4) is 0 Å². The van der Waals surface area contributed by atoms with E-state index in [9.17, 15) is 4.79 Å². The minimum atomic E-state index is -0.941. The van der Waals surface area contributed by atoms with Crippen molar-refractivity contribution in [3.05, 3.63) is 23.8 Å². The molecule has 0 bridgehead atoms. The number of carboxylic acid groups (broad SMARTS) is 1. The molecular formula is C10H13NO2S. The monoisotopic (exact) mass is 211 g/mol. The maximum Gasteiger partial charge on any atom is 0.335 e. The van der Waals surface area contributed by atoms with Crippen LogP contribution in [0.4, 0.5) is 5.69 Å². The summed E-state index contributed by atoms with van der Waals surface area (Å²) in [6, 6.07) is 4.84. The van der Waals surface area contributed by atoms with Gasteiger partial charge < -0.3 is 10.8 Å². The zero-order chi connectivity index (χ0) is 10.6. The number of aromatic carboxylic acids is 1. The van der Waals surface area contributed by atoms with Crippen molar-refractivity contribution in [1.82, 2.24) is 0 Å². The van der Waals surface area contributed by atoms with Gasteiger partial charge in [0.1, 0.15) is 0 Å². The second-order valence-corrected chi connectivity index (χ2v) is 4.04. The summed E-state index contributed by atoms with van der Waals surface area (Å²) in [5.74, 6) is 0.0557. The van der Waals surface area contributed by atoms with Gasteiger partial charge in [0.05, 0.1) is 5.56 Å². The lowest BCUT2D eigenvalue weighted by Gasteiger charge is -2.04. The number of anilines is 1. The second-order valence-electron chi connectivity index (χ2n) is 2.91. The van der Waals surface area contributed by atoms with Crippen molar-refractivity contribution in [3.63, 3.8) is 0 Å². The van der Waals surface area contributed by atoms with Gasteiger partial charge in [0, 0.05) is 10.6 Å². The summed E-state index contributed by atoms with van der Waals surface area (Å²) in [4.78, 5) is 11.6.